The van der Waals surface area contributed by atoms with Crippen molar-refractivity contribution in [3.05, 3.63) is 29.3 Å². The van der Waals surface area contributed by atoms with E-state index in [4.69, 9.17) is 4.74 Å². The molecule has 1 aromatic carbocycles. The van der Waals surface area contributed by atoms with Crippen molar-refractivity contribution in [3.8, 4) is 0 Å². The van der Waals surface area contributed by atoms with Gasteiger partial charge in [0.25, 0.3) is 5.91 Å². The molecule has 0 aromatic heterocycles. The van der Waals surface area contributed by atoms with Gasteiger partial charge >= 0.3 is 0 Å². The molecule has 0 aliphatic carbocycles. The van der Waals surface area contributed by atoms with Gasteiger partial charge in [-0.05, 0) is 17.7 Å². The number of ether oxygens (including phenoxy) is 1. The molecule has 3 rings (SSSR count). The van der Waals surface area contributed by atoms with Crippen molar-refractivity contribution in [2.75, 3.05) is 25.5 Å². The van der Waals surface area contributed by atoms with Gasteiger partial charge in [-0.15, -0.1) is 0 Å². The summed E-state index contributed by atoms with van der Waals surface area (Å²) in [6.07, 6.45) is 0.378. The smallest absolute Gasteiger partial charge is 0.251 e. The highest BCUT2D eigenvalue weighted by Crippen LogP contribution is 2.24. The van der Waals surface area contributed by atoms with E-state index in [0.29, 0.717) is 18.5 Å². The van der Waals surface area contributed by atoms with Crippen molar-refractivity contribution in [3.63, 3.8) is 0 Å². The van der Waals surface area contributed by atoms with Crippen LogP contribution in [0.3, 0.4) is 0 Å². The van der Waals surface area contributed by atoms with E-state index in [-0.39, 0.29) is 24.0 Å². The fourth-order valence-electron chi connectivity index (χ4n) is 2.65. The Morgan fingerprint density at radius 2 is 2.25 bits per heavy atom. The molecular weight excluding hydrogens is 258 g/mol. The molecule has 106 valence electrons. The summed E-state index contributed by atoms with van der Waals surface area (Å²) < 4.78 is 5.31. The van der Waals surface area contributed by atoms with Crippen LogP contribution in [0.4, 0.5) is 5.69 Å². The van der Waals surface area contributed by atoms with Crippen molar-refractivity contribution in [1.29, 1.82) is 0 Å². The molecule has 2 heterocycles. The average molecular weight is 275 g/mol. The minimum absolute atomic E-state index is 0.00641. The predicted molar refractivity (Wildman–Crippen MR) is 73.7 cm³/mol. The van der Waals surface area contributed by atoms with E-state index in [0.717, 1.165) is 17.8 Å². The first-order valence-corrected chi connectivity index (χ1v) is 6.64. The average Bonchev–Trinajstić information content (AvgIpc) is 3.02. The van der Waals surface area contributed by atoms with Crippen molar-refractivity contribution in [2.24, 2.45) is 0 Å². The third kappa shape index (κ3) is 2.39. The van der Waals surface area contributed by atoms with Gasteiger partial charge in [-0.3, -0.25) is 9.59 Å². The number of hydrogen-bond acceptors (Lipinski definition) is 4. The SMILES string of the molecule is CO[C@H]1CNCC1NC(=O)c1ccc2c(c1)NC(=O)C2. The molecule has 2 aliphatic heterocycles. The summed E-state index contributed by atoms with van der Waals surface area (Å²) in [6.45, 7) is 1.44. The molecule has 6 heteroatoms. The number of nitrogens with one attached hydrogen (secondary N) is 3. The summed E-state index contributed by atoms with van der Waals surface area (Å²) in [7, 11) is 1.64. The van der Waals surface area contributed by atoms with Crippen molar-refractivity contribution >= 4 is 17.5 Å². The number of hydrogen-bond donors (Lipinski definition) is 3. The normalized spacial score (nSPS) is 24.4. The molecule has 6 nitrogen and oxygen atoms in total. The second kappa shape index (κ2) is 5.22. The molecule has 1 aromatic rings. The zero-order valence-electron chi connectivity index (χ0n) is 11.2. The van der Waals surface area contributed by atoms with Gasteiger partial charge in [-0.1, -0.05) is 6.07 Å². The molecule has 0 bridgehead atoms. The highest BCUT2D eigenvalue weighted by atomic mass is 16.5. The summed E-state index contributed by atoms with van der Waals surface area (Å²) in [6, 6.07) is 5.26. The highest BCUT2D eigenvalue weighted by Gasteiger charge is 2.28. The van der Waals surface area contributed by atoms with Crippen LogP contribution >= 0.6 is 0 Å². The van der Waals surface area contributed by atoms with Gasteiger partial charge in [-0.2, -0.15) is 0 Å². The van der Waals surface area contributed by atoms with Crippen LogP contribution in [0.25, 0.3) is 0 Å². The van der Waals surface area contributed by atoms with Gasteiger partial charge in [0.2, 0.25) is 5.91 Å². The summed E-state index contributed by atoms with van der Waals surface area (Å²) in [5.41, 5.74) is 2.21. The summed E-state index contributed by atoms with van der Waals surface area (Å²) in [5, 5.41) is 8.89. The number of rotatable bonds is 3. The number of amides is 2. The van der Waals surface area contributed by atoms with E-state index >= 15 is 0 Å². The largest absolute Gasteiger partial charge is 0.378 e. The van der Waals surface area contributed by atoms with Crippen molar-refractivity contribution < 1.29 is 14.3 Å². The van der Waals surface area contributed by atoms with Crippen LogP contribution in [0.15, 0.2) is 18.2 Å². The molecule has 0 saturated carbocycles. The maximum absolute atomic E-state index is 12.2. The minimum atomic E-state index is -0.148. The van der Waals surface area contributed by atoms with Crippen molar-refractivity contribution in [2.45, 2.75) is 18.6 Å². The van der Waals surface area contributed by atoms with Gasteiger partial charge in [0.15, 0.2) is 0 Å². The Kier molecular flexibility index (Phi) is 3.42. The standard InChI is InChI=1S/C14H17N3O3/c1-20-12-7-15-6-11(12)17-14(19)9-3-2-8-5-13(18)16-10(8)4-9/h2-4,11-12,15H,5-7H2,1H3,(H,16,18)(H,17,19)/t11?,12-/m0/s1. The lowest BCUT2D eigenvalue weighted by atomic mass is 10.1. The highest BCUT2D eigenvalue weighted by molar-refractivity contribution is 6.02. The topological polar surface area (TPSA) is 79.5 Å². The van der Waals surface area contributed by atoms with E-state index < -0.39 is 0 Å². The quantitative estimate of drug-likeness (QED) is 0.719. The maximum atomic E-state index is 12.2. The van der Waals surface area contributed by atoms with Crippen LogP contribution in [-0.2, 0) is 16.0 Å². The fourth-order valence-corrected chi connectivity index (χ4v) is 2.65. The Bertz CT molecular complexity index is 559. The number of carbonyl (C=O) groups is 2. The van der Waals surface area contributed by atoms with E-state index in [1.165, 1.54) is 0 Å². The van der Waals surface area contributed by atoms with E-state index in [1.807, 2.05) is 6.07 Å². The number of carbonyl (C=O) groups excluding carboxylic acids is 2. The molecule has 0 spiro atoms. The second-order valence-corrected chi connectivity index (χ2v) is 5.11. The fraction of sp³-hybridized carbons (Fsp3) is 0.429. The van der Waals surface area contributed by atoms with Gasteiger partial charge in [0.05, 0.1) is 18.6 Å². The second-order valence-electron chi connectivity index (χ2n) is 5.11. The molecule has 3 N–H and O–H groups in total. The summed E-state index contributed by atoms with van der Waals surface area (Å²) in [4.78, 5) is 23.5. The van der Waals surface area contributed by atoms with Crippen LogP contribution < -0.4 is 16.0 Å². The summed E-state index contributed by atoms with van der Waals surface area (Å²) in [5.74, 6) is -0.179. The minimum Gasteiger partial charge on any atom is -0.378 e. The third-order valence-electron chi connectivity index (χ3n) is 3.77. The number of methoxy groups -OCH3 is 1. The molecule has 2 atom stereocenters. The van der Waals surface area contributed by atoms with Gasteiger partial charge in [-0.25, -0.2) is 0 Å². The Morgan fingerprint density at radius 1 is 1.40 bits per heavy atom. The first kappa shape index (κ1) is 13.1. The number of benzene rings is 1. The van der Waals surface area contributed by atoms with Gasteiger partial charge in [0.1, 0.15) is 0 Å². The molecule has 1 saturated heterocycles. The van der Waals surface area contributed by atoms with Gasteiger partial charge in [0, 0.05) is 31.5 Å². The first-order valence-electron chi connectivity index (χ1n) is 6.64. The predicted octanol–water partition coefficient (Wildman–Crippen LogP) is -0.102. The first-order chi connectivity index (χ1) is 9.67. The van der Waals surface area contributed by atoms with E-state index in [1.54, 1.807) is 19.2 Å². The van der Waals surface area contributed by atoms with Gasteiger partial charge < -0.3 is 20.7 Å². The Hall–Kier alpha value is -1.92. The lowest BCUT2D eigenvalue weighted by Crippen LogP contribution is -2.43. The number of fused-ring (bicyclic) bond motifs is 1. The molecule has 2 aliphatic rings. The Balaban J connectivity index is 1.72. The van der Waals surface area contributed by atoms with Crippen LogP contribution in [0, 0.1) is 0 Å². The van der Waals surface area contributed by atoms with Crippen LogP contribution in [0.1, 0.15) is 15.9 Å². The van der Waals surface area contributed by atoms with E-state index in [9.17, 15) is 9.59 Å². The Morgan fingerprint density at radius 3 is 3.05 bits per heavy atom. The monoisotopic (exact) mass is 275 g/mol. The lowest BCUT2D eigenvalue weighted by molar-refractivity contribution is -0.115. The maximum Gasteiger partial charge on any atom is 0.251 e. The molecule has 0 radical (unpaired) electrons. The van der Waals surface area contributed by atoms with Crippen molar-refractivity contribution in [1.82, 2.24) is 10.6 Å². The van der Waals surface area contributed by atoms with Crippen LogP contribution in [0.5, 0.6) is 0 Å². The molecule has 1 fully saturated rings. The molecule has 2 amide bonds. The van der Waals surface area contributed by atoms with Crippen LogP contribution in [0.2, 0.25) is 0 Å². The molecule has 1 unspecified atom stereocenters. The third-order valence-corrected chi connectivity index (χ3v) is 3.77. The zero-order chi connectivity index (χ0) is 14.1. The number of anilines is 1. The Labute approximate surface area is 116 Å². The van der Waals surface area contributed by atoms with E-state index in [2.05, 4.69) is 16.0 Å². The molecule has 20 heavy (non-hydrogen) atoms. The lowest BCUT2D eigenvalue weighted by Gasteiger charge is -2.18. The zero-order valence-corrected chi connectivity index (χ0v) is 11.2. The molecular formula is C14H17N3O3. The van der Waals surface area contributed by atoms with Crippen LogP contribution in [-0.4, -0.2) is 44.2 Å². The summed E-state index contributed by atoms with van der Waals surface area (Å²) >= 11 is 0.